The van der Waals surface area contributed by atoms with E-state index in [4.69, 9.17) is 9.47 Å². The van der Waals surface area contributed by atoms with Crippen LogP contribution in [0.4, 0.5) is 5.69 Å². The third-order valence-corrected chi connectivity index (χ3v) is 5.00. The molecule has 0 aromatic heterocycles. The lowest BCUT2D eigenvalue weighted by atomic mass is 10.1. The normalized spacial score (nSPS) is 14.0. The molecule has 2 aromatic rings. The minimum absolute atomic E-state index is 0.168. The Morgan fingerprint density at radius 2 is 1.71 bits per heavy atom. The molecule has 28 heavy (non-hydrogen) atoms. The molecule has 6 heteroatoms. The number of esters is 1. The van der Waals surface area contributed by atoms with Crippen molar-refractivity contribution in [2.24, 2.45) is 0 Å². The molecule has 1 aliphatic heterocycles. The Labute approximate surface area is 165 Å². The highest BCUT2D eigenvalue weighted by Crippen LogP contribution is 2.28. The standard InChI is InChI=1S/C22H26N2O4/c1-16-8-9-17(2)18(14-16)22(26)28-15-21(25)24-12-10-23(11-13-24)19-6-4-5-7-20(19)27-3/h4-9,14H,10-13,15H2,1-3H3. The predicted molar refractivity (Wildman–Crippen MR) is 108 cm³/mol. The molecule has 1 amide bonds. The molecule has 2 aromatic carbocycles. The van der Waals surface area contributed by atoms with E-state index in [2.05, 4.69) is 4.90 Å². The van der Waals surface area contributed by atoms with Gasteiger partial charge in [0.05, 0.1) is 18.4 Å². The molecule has 0 aliphatic carbocycles. The summed E-state index contributed by atoms with van der Waals surface area (Å²) in [4.78, 5) is 28.7. The van der Waals surface area contributed by atoms with Gasteiger partial charge in [-0.1, -0.05) is 29.8 Å². The lowest BCUT2D eigenvalue weighted by molar-refractivity contribution is -0.134. The van der Waals surface area contributed by atoms with Gasteiger partial charge in [0.2, 0.25) is 0 Å². The molecular formula is C22H26N2O4. The van der Waals surface area contributed by atoms with Crippen LogP contribution in [-0.2, 0) is 9.53 Å². The number of aryl methyl sites for hydroxylation is 2. The zero-order valence-electron chi connectivity index (χ0n) is 16.6. The number of carbonyl (C=O) groups excluding carboxylic acids is 2. The Kier molecular flexibility index (Phi) is 6.19. The second-order valence-electron chi connectivity index (χ2n) is 6.93. The highest BCUT2D eigenvalue weighted by atomic mass is 16.5. The number of para-hydroxylation sites is 2. The Morgan fingerprint density at radius 1 is 1.00 bits per heavy atom. The maximum atomic E-state index is 12.5. The van der Waals surface area contributed by atoms with E-state index < -0.39 is 5.97 Å². The number of methoxy groups -OCH3 is 1. The Balaban J connectivity index is 1.53. The quantitative estimate of drug-likeness (QED) is 0.745. The maximum absolute atomic E-state index is 12.5. The van der Waals surface area contributed by atoms with Gasteiger partial charge in [-0.25, -0.2) is 4.79 Å². The Morgan fingerprint density at radius 3 is 2.43 bits per heavy atom. The fraction of sp³-hybridized carbons (Fsp3) is 0.364. The lowest BCUT2D eigenvalue weighted by Crippen LogP contribution is -2.50. The van der Waals surface area contributed by atoms with Crippen LogP contribution in [0, 0.1) is 13.8 Å². The van der Waals surface area contributed by atoms with Crippen molar-refractivity contribution in [3.05, 3.63) is 59.2 Å². The molecule has 148 valence electrons. The molecule has 1 aliphatic rings. The zero-order chi connectivity index (χ0) is 20.1. The van der Waals surface area contributed by atoms with E-state index in [0.717, 1.165) is 22.6 Å². The van der Waals surface area contributed by atoms with E-state index in [1.807, 2.05) is 50.2 Å². The van der Waals surface area contributed by atoms with Gasteiger partial charge in [0.25, 0.3) is 5.91 Å². The van der Waals surface area contributed by atoms with Crippen LogP contribution in [0.3, 0.4) is 0 Å². The predicted octanol–water partition coefficient (Wildman–Crippen LogP) is 2.82. The molecule has 0 unspecified atom stereocenters. The van der Waals surface area contributed by atoms with Crippen molar-refractivity contribution in [3.63, 3.8) is 0 Å². The number of hydrogen-bond acceptors (Lipinski definition) is 5. The highest BCUT2D eigenvalue weighted by Gasteiger charge is 2.24. The molecule has 1 saturated heterocycles. The Bertz CT molecular complexity index is 857. The first-order valence-electron chi connectivity index (χ1n) is 9.39. The lowest BCUT2D eigenvalue weighted by Gasteiger charge is -2.36. The van der Waals surface area contributed by atoms with Crippen LogP contribution in [-0.4, -0.2) is 56.7 Å². The maximum Gasteiger partial charge on any atom is 0.338 e. The molecule has 6 nitrogen and oxygen atoms in total. The number of piperazine rings is 1. The SMILES string of the molecule is COc1ccccc1N1CCN(C(=O)COC(=O)c2cc(C)ccc2C)CC1. The minimum Gasteiger partial charge on any atom is -0.495 e. The van der Waals surface area contributed by atoms with Crippen molar-refractivity contribution in [1.29, 1.82) is 0 Å². The highest BCUT2D eigenvalue weighted by molar-refractivity contribution is 5.93. The fourth-order valence-corrected chi connectivity index (χ4v) is 3.34. The number of anilines is 1. The number of nitrogens with zero attached hydrogens (tertiary/aromatic N) is 2. The van der Waals surface area contributed by atoms with E-state index in [1.165, 1.54) is 0 Å². The molecule has 0 spiro atoms. The van der Waals surface area contributed by atoms with Gasteiger partial charge in [0, 0.05) is 26.2 Å². The summed E-state index contributed by atoms with van der Waals surface area (Å²) in [5.74, 6) is 0.199. The molecule has 1 fully saturated rings. The second-order valence-corrected chi connectivity index (χ2v) is 6.93. The molecule has 0 N–H and O–H groups in total. The van der Waals surface area contributed by atoms with Gasteiger partial charge in [-0.05, 0) is 37.6 Å². The van der Waals surface area contributed by atoms with Gasteiger partial charge >= 0.3 is 5.97 Å². The monoisotopic (exact) mass is 382 g/mol. The summed E-state index contributed by atoms with van der Waals surface area (Å²) in [6, 6.07) is 13.5. The van der Waals surface area contributed by atoms with Crippen LogP contribution in [0.1, 0.15) is 21.5 Å². The van der Waals surface area contributed by atoms with E-state index >= 15 is 0 Å². The van der Waals surface area contributed by atoms with Crippen LogP contribution in [0.25, 0.3) is 0 Å². The van der Waals surface area contributed by atoms with E-state index in [-0.39, 0.29) is 12.5 Å². The number of rotatable bonds is 5. The van der Waals surface area contributed by atoms with Crippen molar-refractivity contribution in [2.75, 3.05) is 44.8 Å². The third kappa shape index (κ3) is 4.44. The average Bonchev–Trinajstić information content (AvgIpc) is 2.73. The second kappa shape index (κ2) is 8.78. The fourth-order valence-electron chi connectivity index (χ4n) is 3.34. The molecule has 0 atom stereocenters. The summed E-state index contributed by atoms with van der Waals surface area (Å²) in [6.45, 7) is 6.11. The van der Waals surface area contributed by atoms with Crippen molar-refractivity contribution in [3.8, 4) is 5.75 Å². The van der Waals surface area contributed by atoms with Gasteiger partial charge in [-0.3, -0.25) is 4.79 Å². The number of ether oxygens (including phenoxy) is 2. The largest absolute Gasteiger partial charge is 0.495 e. The van der Waals surface area contributed by atoms with Crippen LogP contribution < -0.4 is 9.64 Å². The van der Waals surface area contributed by atoms with Gasteiger partial charge in [-0.15, -0.1) is 0 Å². The van der Waals surface area contributed by atoms with E-state index in [1.54, 1.807) is 18.1 Å². The van der Waals surface area contributed by atoms with Gasteiger partial charge < -0.3 is 19.3 Å². The van der Waals surface area contributed by atoms with Gasteiger partial charge in [-0.2, -0.15) is 0 Å². The van der Waals surface area contributed by atoms with Crippen LogP contribution in [0.15, 0.2) is 42.5 Å². The average molecular weight is 382 g/mol. The first-order valence-corrected chi connectivity index (χ1v) is 9.39. The van der Waals surface area contributed by atoms with Crippen molar-refractivity contribution >= 4 is 17.6 Å². The first kappa shape index (κ1) is 19.7. The number of benzene rings is 2. The molecule has 0 radical (unpaired) electrons. The van der Waals surface area contributed by atoms with Crippen LogP contribution >= 0.6 is 0 Å². The third-order valence-electron chi connectivity index (χ3n) is 5.00. The number of hydrogen-bond donors (Lipinski definition) is 0. The zero-order valence-corrected chi connectivity index (χ0v) is 16.6. The number of amides is 1. The summed E-state index contributed by atoms with van der Waals surface area (Å²) in [6.07, 6.45) is 0. The Hall–Kier alpha value is -3.02. The van der Waals surface area contributed by atoms with E-state index in [9.17, 15) is 9.59 Å². The molecule has 0 saturated carbocycles. The molecule has 1 heterocycles. The summed E-state index contributed by atoms with van der Waals surface area (Å²) in [5, 5.41) is 0. The van der Waals surface area contributed by atoms with Crippen LogP contribution in [0.5, 0.6) is 5.75 Å². The molecular weight excluding hydrogens is 356 g/mol. The smallest absolute Gasteiger partial charge is 0.338 e. The van der Waals surface area contributed by atoms with Crippen molar-refractivity contribution in [1.82, 2.24) is 4.90 Å². The summed E-state index contributed by atoms with van der Waals surface area (Å²) < 4.78 is 10.7. The number of carbonyl (C=O) groups is 2. The topological polar surface area (TPSA) is 59.1 Å². The summed E-state index contributed by atoms with van der Waals surface area (Å²) in [7, 11) is 1.66. The first-order chi connectivity index (χ1) is 13.5. The summed E-state index contributed by atoms with van der Waals surface area (Å²) >= 11 is 0. The van der Waals surface area contributed by atoms with Gasteiger partial charge in [0.15, 0.2) is 6.61 Å². The minimum atomic E-state index is -0.456. The summed E-state index contributed by atoms with van der Waals surface area (Å²) in [5.41, 5.74) is 3.36. The van der Waals surface area contributed by atoms with Crippen molar-refractivity contribution in [2.45, 2.75) is 13.8 Å². The van der Waals surface area contributed by atoms with Crippen molar-refractivity contribution < 1.29 is 19.1 Å². The molecule has 3 rings (SSSR count). The van der Waals surface area contributed by atoms with Crippen LogP contribution in [0.2, 0.25) is 0 Å². The molecule has 0 bridgehead atoms. The van der Waals surface area contributed by atoms with E-state index in [0.29, 0.717) is 31.7 Å². The van der Waals surface area contributed by atoms with Gasteiger partial charge in [0.1, 0.15) is 5.75 Å².